The maximum Gasteiger partial charge on any atom is 0.345 e. The van der Waals surface area contributed by atoms with Crippen LogP contribution in [0.2, 0.25) is 5.02 Å². The van der Waals surface area contributed by atoms with Crippen molar-refractivity contribution in [2.75, 3.05) is 6.54 Å². The van der Waals surface area contributed by atoms with Gasteiger partial charge in [0.15, 0.2) is 0 Å². The molecule has 1 aliphatic heterocycles. The van der Waals surface area contributed by atoms with Crippen molar-refractivity contribution < 1.29 is 9.21 Å². The van der Waals surface area contributed by atoms with Crippen molar-refractivity contribution in [3.8, 4) is 0 Å². The number of amides is 1. The van der Waals surface area contributed by atoms with Gasteiger partial charge in [-0.1, -0.05) is 23.7 Å². The second-order valence-electron chi connectivity index (χ2n) is 7.24. The van der Waals surface area contributed by atoms with Crippen molar-refractivity contribution in [2.24, 2.45) is 0 Å². The van der Waals surface area contributed by atoms with Crippen LogP contribution in [0.1, 0.15) is 58.7 Å². The number of piperidine rings is 1. The Kier molecular flexibility index (Phi) is 5.49. The molecule has 0 radical (unpaired) electrons. The fraction of sp³-hybridized carbons (Fsp3) is 0.333. The van der Waals surface area contributed by atoms with E-state index in [0.717, 1.165) is 24.8 Å². The van der Waals surface area contributed by atoms with Gasteiger partial charge in [-0.25, -0.2) is 9.78 Å². The van der Waals surface area contributed by atoms with Crippen LogP contribution < -0.4 is 5.69 Å². The minimum absolute atomic E-state index is 0.142. The van der Waals surface area contributed by atoms with Gasteiger partial charge in [-0.2, -0.15) is 4.98 Å². The topological polar surface area (TPSA) is 92.1 Å². The average Bonchev–Trinajstić information content (AvgIpc) is 3.15. The van der Waals surface area contributed by atoms with Crippen LogP contribution in [0.4, 0.5) is 0 Å². The van der Waals surface area contributed by atoms with Crippen LogP contribution in [-0.2, 0) is 6.42 Å². The van der Waals surface area contributed by atoms with Gasteiger partial charge in [0.2, 0.25) is 5.89 Å². The van der Waals surface area contributed by atoms with E-state index in [1.807, 2.05) is 24.3 Å². The summed E-state index contributed by atoms with van der Waals surface area (Å²) < 4.78 is 5.99. The Labute approximate surface area is 172 Å². The number of carbonyl (C=O) groups excluding carboxylic acids is 1. The monoisotopic (exact) mass is 412 g/mol. The first-order valence-electron chi connectivity index (χ1n) is 9.57. The second kappa shape index (κ2) is 8.21. The zero-order valence-electron chi connectivity index (χ0n) is 16.0. The third-order valence-electron chi connectivity index (χ3n) is 4.99. The first-order valence-corrected chi connectivity index (χ1v) is 9.95. The molecule has 7 nitrogen and oxygen atoms in total. The van der Waals surface area contributed by atoms with E-state index in [-0.39, 0.29) is 17.6 Å². The van der Waals surface area contributed by atoms with E-state index in [2.05, 4.69) is 15.0 Å². The molecule has 1 amide bonds. The number of hydrogen-bond acceptors (Lipinski definition) is 5. The predicted octanol–water partition coefficient (Wildman–Crippen LogP) is 3.68. The van der Waals surface area contributed by atoms with Crippen molar-refractivity contribution in [1.29, 1.82) is 0 Å². The van der Waals surface area contributed by atoms with Crippen LogP contribution in [0.15, 0.2) is 45.7 Å². The molecule has 0 bridgehead atoms. The molecule has 2 aromatic heterocycles. The van der Waals surface area contributed by atoms with Crippen molar-refractivity contribution >= 4 is 17.5 Å². The van der Waals surface area contributed by atoms with Gasteiger partial charge >= 0.3 is 5.69 Å². The Morgan fingerprint density at radius 1 is 1.34 bits per heavy atom. The van der Waals surface area contributed by atoms with Gasteiger partial charge < -0.3 is 14.3 Å². The van der Waals surface area contributed by atoms with Gasteiger partial charge in [-0.15, -0.1) is 0 Å². The molecule has 0 spiro atoms. The van der Waals surface area contributed by atoms with Gasteiger partial charge in [0.05, 0.1) is 6.20 Å². The largest absolute Gasteiger partial charge is 0.443 e. The Morgan fingerprint density at radius 2 is 2.21 bits per heavy atom. The molecule has 1 unspecified atom stereocenters. The highest BCUT2D eigenvalue weighted by Gasteiger charge is 2.32. The van der Waals surface area contributed by atoms with Gasteiger partial charge in [0.1, 0.15) is 17.5 Å². The third kappa shape index (κ3) is 4.40. The fourth-order valence-electron chi connectivity index (χ4n) is 3.67. The molecular weight excluding hydrogens is 392 g/mol. The number of rotatable bonds is 4. The van der Waals surface area contributed by atoms with Gasteiger partial charge in [0.25, 0.3) is 5.91 Å². The molecule has 1 saturated heterocycles. The molecule has 1 N–H and O–H groups in total. The second-order valence-corrected chi connectivity index (χ2v) is 7.67. The number of oxazole rings is 1. The summed E-state index contributed by atoms with van der Waals surface area (Å²) >= 11 is 6.05. The van der Waals surface area contributed by atoms with Crippen molar-refractivity contribution in [2.45, 2.75) is 38.6 Å². The third-order valence-corrected chi connectivity index (χ3v) is 5.22. The van der Waals surface area contributed by atoms with Crippen molar-refractivity contribution in [3.05, 3.63) is 80.6 Å². The lowest BCUT2D eigenvalue weighted by molar-refractivity contribution is 0.0563. The summed E-state index contributed by atoms with van der Waals surface area (Å²) in [4.78, 5) is 37.3. The van der Waals surface area contributed by atoms with E-state index in [1.165, 1.54) is 0 Å². The quantitative estimate of drug-likeness (QED) is 0.705. The molecule has 1 aromatic carbocycles. The molecule has 8 heteroatoms. The van der Waals surface area contributed by atoms with E-state index in [0.29, 0.717) is 35.3 Å². The number of benzene rings is 1. The minimum Gasteiger partial charge on any atom is -0.443 e. The average molecular weight is 413 g/mol. The molecular formula is C21H21ClN4O3. The number of nitrogens with zero attached hydrogens (tertiary/aromatic N) is 3. The lowest BCUT2D eigenvalue weighted by Crippen LogP contribution is -2.39. The van der Waals surface area contributed by atoms with Crippen molar-refractivity contribution in [3.63, 3.8) is 0 Å². The SMILES string of the molecule is Cc1cc(C(=O)N2CCCCC2c2ncc(Cc3cccc(Cl)c3)o2)nc(=O)[nH]1. The smallest absolute Gasteiger partial charge is 0.345 e. The van der Waals surface area contributed by atoms with E-state index >= 15 is 0 Å². The van der Waals surface area contributed by atoms with Crippen LogP contribution in [0.25, 0.3) is 0 Å². The molecule has 29 heavy (non-hydrogen) atoms. The summed E-state index contributed by atoms with van der Waals surface area (Å²) in [6.45, 7) is 2.30. The highest BCUT2D eigenvalue weighted by molar-refractivity contribution is 6.30. The first kappa shape index (κ1) is 19.4. The summed E-state index contributed by atoms with van der Waals surface area (Å²) in [5.41, 5.74) is 1.24. The van der Waals surface area contributed by atoms with E-state index in [4.69, 9.17) is 16.0 Å². The van der Waals surface area contributed by atoms with Gasteiger partial charge in [0, 0.05) is 23.7 Å². The van der Waals surface area contributed by atoms with E-state index in [1.54, 1.807) is 24.1 Å². The molecule has 3 aromatic rings. The Morgan fingerprint density at radius 3 is 3.00 bits per heavy atom. The molecule has 1 atom stereocenters. The van der Waals surface area contributed by atoms with Crippen LogP contribution in [0.3, 0.4) is 0 Å². The van der Waals surface area contributed by atoms with Crippen LogP contribution in [-0.4, -0.2) is 32.3 Å². The highest BCUT2D eigenvalue weighted by Crippen LogP contribution is 2.32. The Bertz CT molecular complexity index is 1090. The number of H-pyrrole nitrogens is 1. The predicted molar refractivity (Wildman–Crippen MR) is 108 cm³/mol. The Balaban J connectivity index is 1.57. The summed E-state index contributed by atoms with van der Waals surface area (Å²) in [5, 5.41) is 0.673. The first-order chi connectivity index (χ1) is 14.0. The molecule has 1 fully saturated rings. The molecule has 0 aliphatic carbocycles. The van der Waals surface area contributed by atoms with Crippen LogP contribution in [0.5, 0.6) is 0 Å². The molecule has 4 rings (SSSR count). The molecule has 3 heterocycles. The van der Waals surface area contributed by atoms with E-state index in [9.17, 15) is 9.59 Å². The number of nitrogens with one attached hydrogen (secondary N) is 1. The zero-order chi connectivity index (χ0) is 20.4. The lowest BCUT2D eigenvalue weighted by atomic mass is 10.0. The maximum atomic E-state index is 13.0. The van der Waals surface area contributed by atoms with Gasteiger partial charge in [-0.3, -0.25) is 4.79 Å². The number of aryl methyl sites for hydroxylation is 1. The van der Waals surface area contributed by atoms with Crippen molar-refractivity contribution in [1.82, 2.24) is 19.9 Å². The summed E-state index contributed by atoms with van der Waals surface area (Å²) in [7, 11) is 0. The Hall–Kier alpha value is -2.93. The minimum atomic E-state index is -0.526. The molecule has 1 aliphatic rings. The fourth-order valence-corrected chi connectivity index (χ4v) is 3.89. The standard InChI is InChI=1S/C21H21ClN4O3/c1-13-9-17(25-21(28)24-13)20(27)26-8-3-2-7-18(26)19-23-12-16(29-19)11-14-5-4-6-15(22)10-14/h4-6,9-10,12,18H,2-3,7-8,11H2,1H3,(H,24,25,28). The van der Waals surface area contributed by atoms with Crippen LogP contribution >= 0.6 is 11.6 Å². The molecule has 0 saturated carbocycles. The zero-order valence-corrected chi connectivity index (χ0v) is 16.8. The normalized spacial score (nSPS) is 16.8. The summed E-state index contributed by atoms with van der Waals surface area (Å²) in [6.07, 6.45) is 4.89. The number of hydrogen-bond donors (Lipinski definition) is 1. The number of likely N-dealkylation sites (tertiary alicyclic amines) is 1. The number of aromatic nitrogens is 3. The number of halogens is 1. The summed E-state index contributed by atoms with van der Waals surface area (Å²) in [6, 6.07) is 8.91. The lowest BCUT2D eigenvalue weighted by Gasteiger charge is -2.33. The maximum absolute atomic E-state index is 13.0. The highest BCUT2D eigenvalue weighted by atomic mass is 35.5. The van der Waals surface area contributed by atoms with Gasteiger partial charge in [-0.05, 0) is 49.9 Å². The number of carbonyl (C=O) groups is 1. The number of aromatic amines is 1. The van der Waals surface area contributed by atoms with E-state index < -0.39 is 5.69 Å². The van der Waals surface area contributed by atoms with Crippen LogP contribution in [0, 0.1) is 6.92 Å². The molecule has 150 valence electrons. The summed E-state index contributed by atoms with van der Waals surface area (Å²) in [5.74, 6) is 0.945.